The lowest BCUT2D eigenvalue weighted by molar-refractivity contribution is 1.18. The molecule has 3 heterocycles. The minimum atomic E-state index is 0.713. The summed E-state index contributed by atoms with van der Waals surface area (Å²) in [5.41, 5.74) is 8.54. The Kier molecular flexibility index (Phi) is 5.68. The van der Waals surface area contributed by atoms with Crippen molar-refractivity contribution in [2.45, 2.75) is 0 Å². The van der Waals surface area contributed by atoms with Crippen LogP contribution in [0.5, 0.6) is 0 Å². The molecule has 2 aromatic heterocycles. The molecule has 0 fully saturated rings. The van der Waals surface area contributed by atoms with Crippen molar-refractivity contribution < 1.29 is 0 Å². The molecular formula is C40H25N3S. The fourth-order valence-electron chi connectivity index (χ4n) is 6.36. The maximum absolute atomic E-state index is 5.01. The zero-order valence-electron chi connectivity index (χ0n) is 23.7. The van der Waals surface area contributed by atoms with E-state index in [2.05, 4.69) is 120 Å². The Morgan fingerprint density at radius 1 is 0.523 bits per heavy atom. The predicted molar refractivity (Wildman–Crippen MR) is 186 cm³/mol. The Bertz CT molecular complexity index is 2320. The fourth-order valence-corrected chi connectivity index (χ4v) is 7.54. The Morgan fingerprint density at radius 2 is 1.20 bits per heavy atom. The van der Waals surface area contributed by atoms with Crippen molar-refractivity contribution in [1.29, 1.82) is 0 Å². The third-order valence-corrected chi connectivity index (χ3v) is 9.56. The van der Waals surface area contributed by atoms with Gasteiger partial charge in [0.1, 0.15) is 0 Å². The number of fused-ring (bicyclic) bond motifs is 4. The standard InChI is InChI=1S/C40H25N3S/c1-3-10-26(11-4-1)33-25-34(27-12-5-2-6-13-27)42-40(41-33)28-18-20-30(21-19-28)43-23-22-32-38-29(14-9-16-35(38)43)24-37-39(32)31-15-7-8-17-36(31)44-37/h1-25H. The number of benzene rings is 6. The van der Waals surface area contributed by atoms with E-state index in [0.29, 0.717) is 5.82 Å². The Hall–Kier alpha value is -5.58. The number of hydrogen-bond donors (Lipinski definition) is 0. The van der Waals surface area contributed by atoms with Crippen LogP contribution in [0.4, 0.5) is 11.4 Å². The highest BCUT2D eigenvalue weighted by molar-refractivity contribution is 7.26. The van der Waals surface area contributed by atoms with Gasteiger partial charge in [0.05, 0.1) is 17.1 Å². The predicted octanol–water partition coefficient (Wildman–Crippen LogP) is 11.1. The maximum Gasteiger partial charge on any atom is 0.160 e. The molecule has 4 heteroatoms. The van der Waals surface area contributed by atoms with Gasteiger partial charge < -0.3 is 4.90 Å². The second-order valence-corrected chi connectivity index (χ2v) is 12.1. The molecule has 0 saturated heterocycles. The summed E-state index contributed by atoms with van der Waals surface area (Å²) in [6.45, 7) is 0. The molecule has 0 saturated carbocycles. The van der Waals surface area contributed by atoms with Crippen molar-refractivity contribution in [3.8, 4) is 33.9 Å². The summed E-state index contributed by atoms with van der Waals surface area (Å²) < 4.78 is 2.66. The third kappa shape index (κ3) is 4.03. The summed E-state index contributed by atoms with van der Waals surface area (Å²) in [6.07, 6.45) is 4.49. The lowest BCUT2D eigenvalue weighted by Crippen LogP contribution is -2.12. The zero-order chi connectivity index (χ0) is 29.0. The van der Waals surface area contributed by atoms with Crippen LogP contribution in [0, 0.1) is 0 Å². The molecule has 0 unspecified atom stereocenters. The average molecular weight is 580 g/mol. The minimum absolute atomic E-state index is 0.713. The quantitative estimate of drug-likeness (QED) is 0.208. The number of thiophene rings is 1. The number of anilines is 2. The van der Waals surface area contributed by atoms with Gasteiger partial charge in [-0.1, -0.05) is 91.0 Å². The molecule has 44 heavy (non-hydrogen) atoms. The van der Waals surface area contributed by atoms with Crippen molar-refractivity contribution in [1.82, 2.24) is 9.97 Å². The normalized spacial score (nSPS) is 12.4. The first kappa shape index (κ1) is 25.0. The number of nitrogens with zero attached hydrogens (tertiary/aromatic N) is 3. The van der Waals surface area contributed by atoms with Gasteiger partial charge in [0.2, 0.25) is 0 Å². The van der Waals surface area contributed by atoms with Gasteiger partial charge in [0.25, 0.3) is 0 Å². The van der Waals surface area contributed by atoms with E-state index in [1.807, 2.05) is 47.7 Å². The second kappa shape index (κ2) is 10.0. The van der Waals surface area contributed by atoms with Crippen molar-refractivity contribution in [3.05, 3.63) is 151 Å². The van der Waals surface area contributed by atoms with Crippen LogP contribution in [0.25, 0.3) is 70.9 Å². The topological polar surface area (TPSA) is 29.0 Å². The maximum atomic E-state index is 5.01. The summed E-state index contributed by atoms with van der Waals surface area (Å²) in [5, 5.41) is 5.24. The summed E-state index contributed by atoms with van der Waals surface area (Å²) >= 11 is 1.87. The molecular weight excluding hydrogens is 555 g/mol. The van der Waals surface area contributed by atoms with E-state index >= 15 is 0 Å². The first-order chi connectivity index (χ1) is 21.8. The SMILES string of the molecule is C1=CN(c2ccc(-c3nc(-c4ccccc4)cc(-c4ccccc4)n3)cc2)c2cccc3cc4sc5ccccc5c4c1c23. The third-order valence-electron chi connectivity index (χ3n) is 8.44. The summed E-state index contributed by atoms with van der Waals surface area (Å²) in [7, 11) is 0. The van der Waals surface area contributed by atoms with Crippen LogP contribution in [-0.4, -0.2) is 9.97 Å². The van der Waals surface area contributed by atoms with Crippen LogP contribution >= 0.6 is 11.3 Å². The summed E-state index contributed by atoms with van der Waals surface area (Å²) in [5.74, 6) is 0.713. The van der Waals surface area contributed by atoms with Gasteiger partial charge in [-0.2, -0.15) is 0 Å². The molecule has 0 atom stereocenters. The minimum Gasteiger partial charge on any atom is -0.317 e. The van der Waals surface area contributed by atoms with Crippen LogP contribution in [0.2, 0.25) is 0 Å². The summed E-state index contributed by atoms with van der Waals surface area (Å²) in [4.78, 5) is 12.3. The van der Waals surface area contributed by atoms with Crippen LogP contribution < -0.4 is 4.90 Å². The number of aromatic nitrogens is 2. The highest BCUT2D eigenvalue weighted by Gasteiger charge is 2.21. The van der Waals surface area contributed by atoms with Gasteiger partial charge in [0.15, 0.2) is 5.82 Å². The van der Waals surface area contributed by atoms with E-state index in [1.54, 1.807) is 0 Å². The van der Waals surface area contributed by atoms with Crippen molar-refractivity contribution in [2.75, 3.05) is 4.90 Å². The molecule has 1 aliphatic rings. The Balaban J connectivity index is 1.14. The highest BCUT2D eigenvalue weighted by atomic mass is 32.1. The molecule has 206 valence electrons. The van der Waals surface area contributed by atoms with Gasteiger partial charge in [-0.25, -0.2) is 9.97 Å². The Labute approximate surface area is 259 Å². The van der Waals surface area contributed by atoms with E-state index in [4.69, 9.17) is 9.97 Å². The fraction of sp³-hybridized carbons (Fsp3) is 0. The Morgan fingerprint density at radius 3 is 1.93 bits per heavy atom. The molecule has 0 amide bonds. The molecule has 0 spiro atoms. The second-order valence-electron chi connectivity index (χ2n) is 11.1. The smallest absolute Gasteiger partial charge is 0.160 e. The summed E-state index contributed by atoms with van der Waals surface area (Å²) in [6, 6.07) is 49.0. The van der Waals surface area contributed by atoms with Crippen molar-refractivity contribution in [3.63, 3.8) is 0 Å². The van der Waals surface area contributed by atoms with E-state index in [1.165, 1.54) is 42.2 Å². The van der Waals surface area contributed by atoms with Crippen LogP contribution in [0.3, 0.4) is 0 Å². The van der Waals surface area contributed by atoms with E-state index in [0.717, 1.165) is 33.8 Å². The zero-order valence-corrected chi connectivity index (χ0v) is 24.5. The van der Waals surface area contributed by atoms with E-state index in [9.17, 15) is 0 Å². The van der Waals surface area contributed by atoms with Crippen molar-refractivity contribution in [2.24, 2.45) is 0 Å². The molecule has 0 radical (unpaired) electrons. The molecule has 1 aliphatic heterocycles. The van der Waals surface area contributed by atoms with Gasteiger partial charge in [0, 0.05) is 54.1 Å². The monoisotopic (exact) mass is 579 g/mol. The van der Waals surface area contributed by atoms with E-state index < -0.39 is 0 Å². The molecule has 8 aromatic rings. The van der Waals surface area contributed by atoms with Gasteiger partial charge in [-0.05, 0) is 65.6 Å². The molecule has 3 nitrogen and oxygen atoms in total. The molecule has 9 rings (SSSR count). The van der Waals surface area contributed by atoms with E-state index in [-0.39, 0.29) is 0 Å². The largest absolute Gasteiger partial charge is 0.317 e. The highest BCUT2D eigenvalue weighted by Crippen LogP contribution is 2.46. The first-order valence-electron chi connectivity index (χ1n) is 14.7. The van der Waals surface area contributed by atoms with Crippen LogP contribution in [0.15, 0.2) is 146 Å². The number of hydrogen-bond acceptors (Lipinski definition) is 4. The average Bonchev–Trinajstić information content (AvgIpc) is 3.48. The first-order valence-corrected chi connectivity index (χ1v) is 15.6. The van der Waals surface area contributed by atoms with Crippen LogP contribution in [0.1, 0.15) is 5.56 Å². The van der Waals surface area contributed by atoms with Crippen LogP contribution in [-0.2, 0) is 0 Å². The molecule has 0 bridgehead atoms. The van der Waals surface area contributed by atoms with Gasteiger partial charge in [-0.3, -0.25) is 0 Å². The van der Waals surface area contributed by atoms with Gasteiger partial charge >= 0.3 is 0 Å². The van der Waals surface area contributed by atoms with Gasteiger partial charge in [-0.15, -0.1) is 11.3 Å². The lowest BCUT2D eigenvalue weighted by Gasteiger charge is -2.27. The number of rotatable bonds is 4. The molecule has 0 aliphatic carbocycles. The molecule has 0 N–H and O–H groups in total. The lowest BCUT2D eigenvalue weighted by atomic mass is 9.94. The molecule has 6 aromatic carbocycles. The van der Waals surface area contributed by atoms with Crippen molar-refractivity contribution >= 4 is 59.7 Å².